The van der Waals surface area contributed by atoms with E-state index in [1.54, 1.807) is 19.4 Å². The maximum Gasteiger partial charge on any atom is 0.177 e. The second kappa shape index (κ2) is 4.78. The zero-order valence-corrected chi connectivity index (χ0v) is 10.9. The minimum atomic E-state index is -3.23. The molecule has 2 aromatic rings. The van der Waals surface area contributed by atoms with E-state index >= 15 is 0 Å². The van der Waals surface area contributed by atoms with Gasteiger partial charge in [0.15, 0.2) is 9.84 Å². The van der Waals surface area contributed by atoms with Crippen molar-refractivity contribution in [2.24, 2.45) is 0 Å². The van der Waals surface area contributed by atoms with Crippen LogP contribution in [0, 0.1) is 0 Å². The fourth-order valence-corrected chi connectivity index (χ4v) is 2.16. The first-order valence-electron chi connectivity index (χ1n) is 5.30. The van der Waals surface area contributed by atoms with Crippen molar-refractivity contribution in [2.75, 3.05) is 13.4 Å². The van der Waals surface area contributed by atoms with Crippen LogP contribution in [0.15, 0.2) is 47.6 Å². The largest absolute Gasteiger partial charge is 0.497 e. The first kappa shape index (κ1) is 12.6. The van der Waals surface area contributed by atoms with Gasteiger partial charge in [-0.1, -0.05) is 12.1 Å². The Morgan fingerprint density at radius 2 is 1.72 bits per heavy atom. The quantitative estimate of drug-likeness (QED) is 0.851. The van der Waals surface area contributed by atoms with Crippen LogP contribution in [0.2, 0.25) is 0 Å². The van der Waals surface area contributed by atoms with Gasteiger partial charge in [0.05, 0.1) is 12.0 Å². The van der Waals surface area contributed by atoms with E-state index in [1.165, 1.54) is 12.5 Å². The summed E-state index contributed by atoms with van der Waals surface area (Å²) in [6.07, 6.45) is 4.15. The van der Waals surface area contributed by atoms with Crippen LogP contribution in [0.5, 0.6) is 5.75 Å². The molecule has 94 valence electrons. The molecule has 5 heteroatoms. The number of sulfone groups is 1. The Hall–Kier alpha value is -1.88. The van der Waals surface area contributed by atoms with Crippen LogP contribution in [0.1, 0.15) is 0 Å². The van der Waals surface area contributed by atoms with E-state index in [0.717, 1.165) is 16.9 Å². The molecule has 4 nitrogen and oxygen atoms in total. The third-order valence-electron chi connectivity index (χ3n) is 2.56. The summed E-state index contributed by atoms with van der Waals surface area (Å²) >= 11 is 0. The van der Waals surface area contributed by atoms with Crippen LogP contribution in [-0.2, 0) is 9.84 Å². The molecule has 0 spiro atoms. The number of benzene rings is 1. The monoisotopic (exact) mass is 263 g/mol. The van der Waals surface area contributed by atoms with Crippen LogP contribution >= 0.6 is 0 Å². The topological polar surface area (TPSA) is 56.3 Å². The molecular weight excluding hydrogens is 250 g/mol. The van der Waals surface area contributed by atoms with Gasteiger partial charge in [0.25, 0.3) is 0 Å². The smallest absolute Gasteiger partial charge is 0.177 e. The van der Waals surface area contributed by atoms with Gasteiger partial charge in [0, 0.05) is 24.2 Å². The minimum absolute atomic E-state index is 0.218. The summed E-state index contributed by atoms with van der Waals surface area (Å²) in [5, 5.41) is 0. The first-order chi connectivity index (χ1) is 8.50. The molecule has 0 saturated carbocycles. The SMILES string of the molecule is COc1ccc(-c2cncc(S(C)(=O)=O)c2)cc1. The highest BCUT2D eigenvalue weighted by molar-refractivity contribution is 7.90. The molecule has 0 atom stereocenters. The van der Waals surface area contributed by atoms with Crippen molar-refractivity contribution in [3.8, 4) is 16.9 Å². The molecule has 0 amide bonds. The average Bonchev–Trinajstić information content (AvgIpc) is 2.38. The zero-order chi connectivity index (χ0) is 13.2. The molecule has 1 heterocycles. The van der Waals surface area contributed by atoms with Crippen molar-refractivity contribution in [1.82, 2.24) is 4.98 Å². The van der Waals surface area contributed by atoms with E-state index < -0.39 is 9.84 Å². The number of hydrogen-bond acceptors (Lipinski definition) is 4. The molecule has 0 N–H and O–H groups in total. The standard InChI is InChI=1S/C13H13NO3S/c1-17-12-5-3-10(4-6-12)11-7-13(9-14-8-11)18(2,15)16/h3-9H,1-2H3. The van der Waals surface area contributed by atoms with Crippen molar-refractivity contribution in [3.63, 3.8) is 0 Å². The number of hydrogen-bond donors (Lipinski definition) is 0. The highest BCUT2D eigenvalue weighted by atomic mass is 32.2. The molecule has 0 fully saturated rings. The number of pyridine rings is 1. The normalized spacial score (nSPS) is 11.2. The van der Waals surface area contributed by atoms with Gasteiger partial charge in [-0.15, -0.1) is 0 Å². The van der Waals surface area contributed by atoms with Crippen LogP contribution in [-0.4, -0.2) is 26.8 Å². The van der Waals surface area contributed by atoms with Crippen molar-refractivity contribution >= 4 is 9.84 Å². The number of aromatic nitrogens is 1. The van der Waals surface area contributed by atoms with E-state index in [0.29, 0.717) is 0 Å². The van der Waals surface area contributed by atoms with Gasteiger partial charge in [-0.25, -0.2) is 8.42 Å². The van der Waals surface area contributed by atoms with Crippen molar-refractivity contribution < 1.29 is 13.2 Å². The highest BCUT2D eigenvalue weighted by Gasteiger charge is 2.09. The third-order valence-corrected chi connectivity index (χ3v) is 3.64. The molecule has 1 aromatic heterocycles. The number of nitrogens with zero attached hydrogens (tertiary/aromatic N) is 1. The molecule has 18 heavy (non-hydrogen) atoms. The number of ether oxygens (including phenoxy) is 1. The minimum Gasteiger partial charge on any atom is -0.497 e. The molecule has 1 aromatic carbocycles. The van der Waals surface area contributed by atoms with Gasteiger partial charge >= 0.3 is 0 Å². The van der Waals surface area contributed by atoms with Crippen LogP contribution in [0.25, 0.3) is 11.1 Å². The maximum absolute atomic E-state index is 11.5. The summed E-state index contributed by atoms with van der Waals surface area (Å²) in [6.45, 7) is 0. The summed E-state index contributed by atoms with van der Waals surface area (Å²) in [4.78, 5) is 4.18. The van der Waals surface area contributed by atoms with E-state index in [1.807, 2.05) is 24.3 Å². The molecule has 0 saturated heterocycles. The zero-order valence-electron chi connectivity index (χ0n) is 10.1. The number of methoxy groups -OCH3 is 1. The predicted molar refractivity (Wildman–Crippen MR) is 69.3 cm³/mol. The van der Waals surface area contributed by atoms with Gasteiger partial charge in [-0.05, 0) is 23.8 Å². The van der Waals surface area contributed by atoms with E-state index in [-0.39, 0.29) is 4.90 Å². The summed E-state index contributed by atoms with van der Waals surface area (Å²) in [5.74, 6) is 0.756. The third kappa shape index (κ3) is 2.68. The fraction of sp³-hybridized carbons (Fsp3) is 0.154. The van der Waals surface area contributed by atoms with Crippen LogP contribution < -0.4 is 4.74 Å². The Labute approximate surface area is 106 Å². The molecule has 0 aliphatic carbocycles. The average molecular weight is 263 g/mol. The Morgan fingerprint density at radius 3 is 2.28 bits per heavy atom. The van der Waals surface area contributed by atoms with Crippen molar-refractivity contribution in [3.05, 3.63) is 42.7 Å². The molecule has 0 bridgehead atoms. The van der Waals surface area contributed by atoms with Crippen LogP contribution in [0.3, 0.4) is 0 Å². The lowest BCUT2D eigenvalue weighted by Crippen LogP contribution is -1.98. The van der Waals surface area contributed by atoms with E-state index in [9.17, 15) is 8.42 Å². The summed E-state index contributed by atoms with van der Waals surface area (Å²) in [5.41, 5.74) is 1.66. The molecule has 0 aliphatic heterocycles. The Kier molecular flexibility index (Phi) is 3.34. The maximum atomic E-state index is 11.5. The number of rotatable bonds is 3. The Bertz CT molecular complexity index is 648. The molecule has 0 unspecified atom stereocenters. The molecule has 0 aliphatic rings. The van der Waals surface area contributed by atoms with Gasteiger partial charge < -0.3 is 4.74 Å². The first-order valence-corrected chi connectivity index (χ1v) is 7.19. The fourth-order valence-electron chi connectivity index (χ4n) is 1.56. The van der Waals surface area contributed by atoms with Crippen molar-refractivity contribution in [1.29, 1.82) is 0 Å². The lowest BCUT2D eigenvalue weighted by molar-refractivity contribution is 0.415. The highest BCUT2D eigenvalue weighted by Crippen LogP contribution is 2.23. The van der Waals surface area contributed by atoms with Gasteiger partial charge in [-0.2, -0.15) is 0 Å². The summed E-state index contributed by atoms with van der Waals surface area (Å²) in [6, 6.07) is 8.98. The summed E-state index contributed by atoms with van der Waals surface area (Å²) in [7, 11) is -1.64. The predicted octanol–water partition coefficient (Wildman–Crippen LogP) is 2.16. The molecule has 2 rings (SSSR count). The molecule has 0 radical (unpaired) electrons. The lowest BCUT2D eigenvalue weighted by Gasteiger charge is -2.05. The van der Waals surface area contributed by atoms with Crippen molar-refractivity contribution in [2.45, 2.75) is 4.90 Å². The van der Waals surface area contributed by atoms with E-state index in [2.05, 4.69) is 4.98 Å². The Morgan fingerprint density at radius 1 is 1.06 bits per heavy atom. The summed E-state index contributed by atoms with van der Waals surface area (Å²) < 4.78 is 28.0. The Balaban J connectivity index is 2.44. The van der Waals surface area contributed by atoms with Gasteiger partial charge in [0.1, 0.15) is 5.75 Å². The molecular formula is C13H13NO3S. The van der Waals surface area contributed by atoms with E-state index in [4.69, 9.17) is 4.74 Å². The second-order valence-corrected chi connectivity index (χ2v) is 5.93. The van der Waals surface area contributed by atoms with Gasteiger partial charge in [0.2, 0.25) is 0 Å². The van der Waals surface area contributed by atoms with Gasteiger partial charge in [-0.3, -0.25) is 4.98 Å². The second-order valence-electron chi connectivity index (χ2n) is 3.91. The lowest BCUT2D eigenvalue weighted by atomic mass is 10.1. The van der Waals surface area contributed by atoms with Crippen LogP contribution in [0.4, 0.5) is 0 Å².